The molecule has 0 fully saturated rings. The smallest absolute Gasteiger partial charge is 0.0671 e. The maximum absolute atomic E-state index is 5.74. The fraction of sp³-hybridized carbons (Fsp3) is 0.643. The predicted molar refractivity (Wildman–Crippen MR) is 71.1 cm³/mol. The number of hydrogen-bond acceptors (Lipinski definition) is 3. The summed E-state index contributed by atoms with van der Waals surface area (Å²) in [6.45, 7) is 10.2. The Morgan fingerprint density at radius 3 is 2.71 bits per heavy atom. The second-order valence-corrected chi connectivity index (χ2v) is 5.38. The molecule has 0 spiro atoms. The Hall–Kier alpha value is -0.930. The van der Waals surface area contributed by atoms with Gasteiger partial charge >= 0.3 is 0 Å². The Morgan fingerprint density at radius 1 is 1.35 bits per heavy atom. The number of nitrogens with zero attached hydrogens (tertiary/aromatic N) is 1. The van der Waals surface area contributed by atoms with E-state index in [-0.39, 0.29) is 11.6 Å². The van der Waals surface area contributed by atoms with E-state index in [2.05, 4.69) is 38.0 Å². The fourth-order valence-electron chi connectivity index (χ4n) is 1.42. The van der Waals surface area contributed by atoms with Crippen molar-refractivity contribution < 1.29 is 4.74 Å². The van der Waals surface area contributed by atoms with E-state index in [1.807, 2.05) is 24.4 Å². The number of ether oxygens (including phenoxy) is 1. The summed E-state index contributed by atoms with van der Waals surface area (Å²) < 4.78 is 5.74. The standard InChI is InChI=1S/C14H24N2O/c1-12(11-16-14(2,3)4)17-10-8-13-7-5-6-9-15-13/h5-7,9,12,16H,8,10-11H2,1-4H3. The molecule has 1 unspecified atom stereocenters. The van der Waals surface area contributed by atoms with Crippen LogP contribution < -0.4 is 5.32 Å². The van der Waals surface area contributed by atoms with Gasteiger partial charge in [-0.2, -0.15) is 0 Å². The van der Waals surface area contributed by atoms with E-state index in [0.29, 0.717) is 0 Å². The summed E-state index contributed by atoms with van der Waals surface area (Å²) in [6, 6.07) is 5.97. The van der Waals surface area contributed by atoms with Crippen LogP contribution in [-0.2, 0) is 11.2 Å². The van der Waals surface area contributed by atoms with Gasteiger partial charge in [-0.05, 0) is 39.8 Å². The van der Waals surface area contributed by atoms with Crippen LogP contribution in [0.5, 0.6) is 0 Å². The summed E-state index contributed by atoms with van der Waals surface area (Å²) in [5.74, 6) is 0. The minimum Gasteiger partial charge on any atom is -0.377 e. The second kappa shape index (κ2) is 6.72. The lowest BCUT2D eigenvalue weighted by molar-refractivity contribution is 0.0633. The average molecular weight is 236 g/mol. The van der Waals surface area contributed by atoms with Crippen molar-refractivity contribution in [2.75, 3.05) is 13.2 Å². The molecule has 0 aliphatic heterocycles. The minimum absolute atomic E-state index is 0.151. The molecule has 0 aliphatic carbocycles. The normalized spacial score (nSPS) is 13.6. The summed E-state index contributed by atoms with van der Waals surface area (Å²) in [5, 5.41) is 3.43. The summed E-state index contributed by atoms with van der Waals surface area (Å²) in [4.78, 5) is 4.27. The topological polar surface area (TPSA) is 34.1 Å². The van der Waals surface area contributed by atoms with Crippen molar-refractivity contribution in [3.05, 3.63) is 30.1 Å². The first-order chi connectivity index (χ1) is 7.97. The van der Waals surface area contributed by atoms with Crippen molar-refractivity contribution >= 4 is 0 Å². The van der Waals surface area contributed by atoms with Crippen LogP contribution in [-0.4, -0.2) is 29.8 Å². The third-order valence-electron chi connectivity index (χ3n) is 2.41. The highest BCUT2D eigenvalue weighted by Gasteiger charge is 2.11. The SMILES string of the molecule is CC(CNC(C)(C)C)OCCc1ccccn1. The van der Waals surface area contributed by atoms with Crippen molar-refractivity contribution in [3.8, 4) is 0 Å². The Labute approximate surface area is 105 Å². The van der Waals surface area contributed by atoms with Crippen molar-refractivity contribution in [2.24, 2.45) is 0 Å². The Morgan fingerprint density at radius 2 is 2.12 bits per heavy atom. The molecule has 1 heterocycles. The van der Waals surface area contributed by atoms with Crippen LogP contribution in [0.1, 0.15) is 33.4 Å². The molecule has 1 aromatic rings. The molecule has 96 valence electrons. The molecule has 0 amide bonds. The minimum atomic E-state index is 0.151. The van der Waals surface area contributed by atoms with E-state index in [0.717, 1.165) is 25.3 Å². The van der Waals surface area contributed by atoms with E-state index in [1.54, 1.807) is 0 Å². The molecule has 1 rings (SSSR count). The number of nitrogens with one attached hydrogen (secondary N) is 1. The highest BCUT2D eigenvalue weighted by Crippen LogP contribution is 2.01. The molecule has 0 aliphatic rings. The van der Waals surface area contributed by atoms with E-state index in [4.69, 9.17) is 4.74 Å². The molecule has 3 heteroatoms. The molecule has 0 radical (unpaired) electrons. The van der Waals surface area contributed by atoms with Crippen LogP contribution in [0.15, 0.2) is 24.4 Å². The number of pyridine rings is 1. The molecule has 1 atom stereocenters. The first kappa shape index (κ1) is 14.1. The van der Waals surface area contributed by atoms with Crippen molar-refractivity contribution in [1.82, 2.24) is 10.3 Å². The van der Waals surface area contributed by atoms with Gasteiger partial charge in [0.1, 0.15) is 0 Å². The molecular formula is C14H24N2O. The molecule has 3 nitrogen and oxygen atoms in total. The highest BCUT2D eigenvalue weighted by atomic mass is 16.5. The van der Waals surface area contributed by atoms with E-state index in [1.165, 1.54) is 0 Å². The van der Waals surface area contributed by atoms with Gasteiger partial charge < -0.3 is 10.1 Å². The monoisotopic (exact) mass is 236 g/mol. The van der Waals surface area contributed by atoms with Crippen LogP contribution in [0.2, 0.25) is 0 Å². The Bertz CT molecular complexity index is 306. The van der Waals surface area contributed by atoms with Gasteiger partial charge in [-0.3, -0.25) is 4.98 Å². The average Bonchev–Trinajstić information content (AvgIpc) is 2.27. The van der Waals surface area contributed by atoms with Gasteiger partial charge in [0.05, 0.1) is 12.7 Å². The van der Waals surface area contributed by atoms with Crippen LogP contribution >= 0.6 is 0 Å². The summed E-state index contributed by atoms with van der Waals surface area (Å²) in [6.07, 6.45) is 2.93. The van der Waals surface area contributed by atoms with Crippen LogP contribution in [0.25, 0.3) is 0 Å². The molecular weight excluding hydrogens is 212 g/mol. The van der Waals surface area contributed by atoms with Gasteiger partial charge in [-0.1, -0.05) is 6.07 Å². The molecule has 0 saturated carbocycles. The third kappa shape index (κ3) is 7.08. The van der Waals surface area contributed by atoms with Gasteiger partial charge in [0.2, 0.25) is 0 Å². The lowest BCUT2D eigenvalue weighted by Crippen LogP contribution is -2.40. The molecule has 0 saturated heterocycles. The first-order valence-electron chi connectivity index (χ1n) is 6.24. The van der Waals surface area contributed by atoms with Gasteiger partial charge in [-0.25, -0.2) is 0 Å². The molecule has 0 bridgehead atoms. The zero-order valence-electron chi connectivity index (χ0n) is 11.4. The zero-order chi connectivity index (χ0) is 12.7. The zero-order valence-corrected chi connectivity index (χ0v) is 11.4. The molecule has 17 heavy (non-hydrogen) atoms. The number of aromatic nitrogens is 1. The Balaban J connectivity index is 2.14. The first-order valence-corrected chi connectivity index (χ1v) is 6.24. The lowest BCUT2D eigenvalue weighted by Gasteiger charge is -2.23. The van der Waals surface area contributed by atoms with E-state index < -0.39 is 0 Å². The second-order valence-electron chi connectivity index (χ2n) is 5.38. The van der Waals surface area contributed by atoms with Gasteiger partial charge in [-0.15, -0.1) is 0 Å². The van der Waals surface area contributed by atoms with Gasteiger partial charge in [0, 0.05) is 30.4 Å². The van der Waals surface area contributed by atoms with Crippen molar-refractivity contribution in [2.45, 2.75) is 45.8 Å². The van der Waals surface area contributed by atoms with E-state index in [9.17, 15) is 0 Å². The molecule has 1 N–H and O–H groups in total. The number of rotatable bonds is 6. The summed E-state index contributed by atoms with van der Waals surface area (Å²) in [5.41, 5.74) is 1.24. The van der Waals surface area contributed by atoms with Crippen LogP contribution in [0.3, 0.4) is 0 Å². The highest BCUT2D eigenvalue weighted by molar-refractivity contribution is 5.03. The van der Waals surface area contributed by atoms with Gasteiger partial charge in [0.15, 0.2) is 0 Å². The predicted octanol–water partition coefficient (Wildman–Crippen LogP) is 2.42. The van der Waals surface area contributed by atoms with Crippen molar-refractivity contribution in [3.63, 3.8) is 0 Å². The van der Waals surface area contributed by atoms with Crippen LogP contribution in [0, 0.1) is 0 Å². The summed E-state index contributed by atoms with van der Waals surface area (Å²) >= 11 is 0. The summed E-state index contributed by atoms with van der Waals surface area (Å²) in [7, 11) is 0. The third-order valence-corrected chi connectivity index (χ3v) is 2.41. The van der Waals surface area contributed by atoms with Gasteiger partial charge in [0.25, 0.3) is 0 Å². The van der Waals surface area contributed by atoms with Crippen molar-refractivity contribution in [1.29, 1.82) is 0 Å². The fourth-order valence-corrected chi connectivity index (χ4v) is 1.42. The quantitative estimate of drug-likeness (QED) is 0.823. The largest absolute Gasteiger partial charge is 0.377 e. The molecule has 0 aromatic carbocycles. The maximum atomic E-state index is 5.74. The lowest BCUT2D eigenvalue weighted by atomic mass is 10.1. The molecule has 1 aromatic heterocycles. The van der Waals surface area contributed by atoms with Crippen LogP contribution in [0.4, 0.5) is 0 Å². The van der Waals surface area contributed by atoms with E-state index >= 15 is 0 Å². The number of hydrogen-bond donors (Lipinski definition) is 1. The maximum Gasteiger partial charge on any atom is 0.0671 e. The Kier molecular flexibility index (Phi) is 5.59.